The van der Waals surface area contributed by atoms with Crippen LogP contribution in [-0.4, -0.2) is 29.4 Å². The van der Waals surface area contributed by atoms with Gasteiger partial charge in [-0.15, -0.1) is 0 Å². The van der Waals surface area contributed by atoms with Crippen molar-refractivity contribution in [1.29, 1.82) is 0 Å². The van der Waals surface area contributed by atoms with Gasteiger partial charge in [0.15, 0.2) is 0 Å². The van der Waals surface area contributed by atoms with Crippen LogP contribution in [0.1, 0.15) is 12.8 Å². The zero-order valence-electron chi connectivity index (χ0n) is 10.8. The maximum Gasteiger partial charge on any atom is 0.236 e. The molecule has 5 nitrogen and oxygen atoms in total. The van der Waals surface area contributed by atoms with E-state index < -0.39 is 5.41 Å². The maximum absolute atomic E-state index is 13.2. The van der Waals surface area contributed by atoms with E-state index in [1.165, 1.54) is 6.07 Å². The number of rotatable bonds is 2. The Bertz CT molecular complexity index is 648. The number of hydrogen-bond acceptors (Lipinski definition) is 5. The van der Waals surface area contributed by atoms with Crippen LogP contribution in [0.25, 0.3) is 11.4 Å². The lowest BCUT2D eigenvalue weighted by Gasteiger charge is -2.21. The van der Waals surface area contributed by atoms with Crippen LogP contribution in [0.3, 0.4) is 0 Å². The van der Waals surface area contributed by atoms with Gasteiger partial charge in [-0.2, -0.15) is 4.98 Å². The summed E-state index contributed by atoms with van der Waals surface area (Å²) in [7, 11) is 0. The van der Waals surface area contributed by atoms with E-state index in [1.807, 2.05) is 6.92 Å². The summed E-state index contributed by atoms with van der Waals surface area (Å²) >= 11 is 3.14. The highest BCUT2D eigenvalue weighted by Gasteiger charge is 2.44. The molecule has 2 heterocycles. The fourth-order valence-electron chi connectivity index (χ4n) is 2.12. The van der Waals surface area contributed by atoms with Crippen molar-refractivity contribution in [1.82, 2.24) is 10.1 Å². The lowest BCUT2D eigenvalue weighted by atomic mass is 9.86. The Morgan fingerprint density at radius 2 is 2.30 bits per heavy atom. The summed E-state index contributed by atoms with van der Waals surface area (Å²) in [6, 6.07) is 4.37. The molecule has 2 N–H and O–H groups in total. The minimum absolute atomic E-state index is 0.184. The van der Waals surface area contributed by atoms with E-state index in [4.69, 9.17) is 15.0 Å². The van der Waals surface area contributed by atoms with Crippen molar-refractivity contribution in [2.24, 2.45) is 5.73 Å². The summed E-state index contributed by atoms with van der Waals surface area (Å²) in [5, 5.41) is 3.94. The molecular formula is C13H13BrFN3O2. The number of hydrogen-bond donors (Lipinski definition) is 1. The Balaban J connectivity index is 1.96. The highest BCUT2D eigenvalue weighted by atomic mass is 79.9. The summed E-state index contributed by atoms with van der Waals surface area (Å²) in [6.07, 6.45) is 0. The molecule has 0 bridgehead atoms. The largest absolute Gasteiger partial charge is 0.379 e. The van der Waals surface area contributed by atoms with E-state index in [1.54, 1.807) is 12.1 Å². The summed E-state index contributed by atoms with van der Waals surface area (Å²) in [5.74, 6) is 0.509. The monoisotopic (exact) mass is 341 g/mol. The fourth-order valence-corrected chi connectivity index (χ4v) is 2.50. The number of benzene rings is 1. The van der Waals surface area contributed by atoms with Gasteiger partial charge in [0.25, 0.3) is 0 Å². The van der Waals surface area contributed by atoms with Crippen molar-refractivity contribution >= 4 is 15.9 Å². The molecule has 1 aliphatic rings. The quantitative estimate of drug-likeness (QED) is 0.906. The van der Waals surface area contributed by atoms with E-state index in [9.17, 15) is 4.39 Å². The standard InChI is InChI=1S/C13H13BrFN3O2/c1-13(6-19-5-10(13)16)12-17-11(18-20-12)7-2-3-9(15)8(14)4-7/h2-4,10H,5-6,16H2,1H3. The molecule has 106 valence electrons. The molecule has 20 heavy (non-hydrogen) atoms. The fraction of sp³-hybridized carbons (Fsp3) is 0.385. The predicted octanol–water partition coefficient (Wildman–Crippen LogP) is 2.25. The number of nitrogens with two attached hydrogens (primary N) is 1. The highest BCUT2D eigenvalue weighted by Crippen LogP contribution is 2.32. The zero-order chi connectivity index (χ0) is 14.3. The van der Waals surface area contributed by atoms with E-state index in [0.29, 0.717) is 35.0 Å². The minimum Gasteiger partial charge on any atom is -0.379 e. The lowest BCUT2D eigenvalue weighted by molar-refractivity contribution is 0.169. The van der Waals surface area contributed by atoms with Crippen LogP contribution in [0, 0.1) is 5.82 Å². The van der Waals surface area contributed by atoms with Crippen LogP contribution in [0.5, 0.6) is 0 Å². The Morgan fingerprint density at radius 3 is 2.95 bits per heavy atom. The van der Waals surface area contributed by atoms with Gasteiger partial charge >= 0.3 is 0 Å². The van der Waals surface area contributed by atoms with Crippen LogP contribution in [0.2, 0.25) is 0 Å². The van der Waals surface area contributed by atoms with Crippen molar-refractivity contribution in [3.63, 3.8) is 0 Å². The van der Waals surface area contributed by atoms with Crippen molar-refractivity contribution in [3.05, 3.63) is 34.4 Å². The molecule has 2 atom stereocenters. The van der Waals surface area contributed by atoms with Gasteiger partial charge in [-0.3, -0.25) is 0 Å². The third kappa shape index (κ3) is 2.15. The Kier molecular flexibility index (Phi) is 3.35. The second kappa shape index (κ2) is 4.91. The highest BCUT2D eigenvalue weighted by molar-refractivity contribution is 9.10. The second-order valence-electron chi connectivity index (χ2n) is 5.09. The Hall–Kier alpha value is -1.31. The van der Waals surface area contributed by atoms with Gasteiger partial charge in [0, 0.05) is 11.6 Å². The smallest absolute Gasteiger partial charge is 0.236 e. The molecule has 2 aromatic rings. The number of halogens is 2. The van der Waals surface area contributed by atoms with E-state index in [-0.39, 0.29) is 11.9 Å². The van der Waals surface area contributed by atoms with Crippen molar-refractivity contribution in [2.45, 2.75) is 18.4 Å². The molecule has 0 aliphatic carbocycles. The lowest BCUT2D eigenvalue weighted by Crippen LogP contribution is -2.42. The van der Waals surface area contributed by atoms with Gasteiger partial charge in [0.1, 0.15) is 5.82 Å². The Morgan fingerprint density at radius 1 is 1.50 bits per heavy atom. The van der Waals surface area contributed by atoms with Crippen molar-refractivity contribution in [2.75, 3.05) is 13.2 Å². The SMILES string of the molecule is CC1(c2nc(-c3ccc(F)c(Br)c3)no2)COCC1N. The zero-order valence-corrected chi connectivity index (χ0v) is 12.4. The van der Waals surface area contributed by atoms with Crippen LogP contribution in [0.4, 0.5) is 4.39 Å². The van der Waals surface area contributed by atoms with Gasteiger partial charge in [-0.1, -0.05) is 5.16 Å². The first-order chi connectivity index (χ1) is 9.50. The molecular weight excluding hydrogens is 329 g/mol. The van der Waals surface area contributed by atoms with Crippen LogP contribution >= 0.6 is 15.9 Å². The molecule has 3 rings (SSSR count). The summed E-state index contributed by atoms with van der Waals surface area (Å²) in [4.78, 5) is 4.37. The van der Waals surface area contributed by atoms with Gasteiger partial charge < -0.3 is 15.0 Å². The molecule has 2 unspecified atom stereocenters. The van der Waals surface area contributed by atoms with Gasteiger partial charge in [-0.25, -0.2) is 4.39 Å². The first kappa shape index (κ1) is 13.7. The van der Waals surface area contributed by atoms with Gasteiger partial charge in [-0.05, 0) is 41.1 Å². The van der Waals surface area contributed by atoms with Crippen molar-refractivity contribution < 1.29 is 13.7 Å². The minimum atomic E-state index is -0.484. The first-order valence-electron chi connectivity index (χ1n) is 6.13. The average Bonchev–Trinajstić information content (AvgIpc) is 3.02. The van der Waals surface area contributed by atoms with Crippen LogP contribution in [-0.2, 0) is 10.2 Å². The third-order valence-electron chi connectivity index (χ3n) is 3.61. The topological polar surface area (TPSA) is 74.2 Å². The summed E-state index contributed by atoms with van der Waals surface area (Å²) in [5.41, 5.74) is 6.21. The van der Waals surface area contributed by atoms with E-state index in [2.05, 4.69) is 26.1 Å². The molecule has 7 heteroatoms. The van der Waals surface area contributed by atoms with Crippen molar-refractivity contribution in [3.8, 4) is 11.4 Å². The molecule has 0 saturated carbocycles. The molecule has 0 radical (unpaired) electrons. The molecule has 0 amide bonds. The van der Waals surface area contributed by atoms with Crippen LogP contribution < -0.4 is 5.73 Å². The second-order valence-corrected chi connectivity index (χ2v) is 5.95. The number of nitrogens with zero attached hydrogens (tertiary/aromatic N) is 2. The molecule has 1 fully saturated rings. The van der Waals surface area contributed by atoms with Gasteiger partial charge in [0.05, 0.1) is 23.1 Å². The van der Waals surface area contributed by atoms with Crippen LogP contribution in [0.15, 0.2) is 27.2 Å². The summed E-state index contributed by atoms with van der Waals surface area (Å²) < 4.78 is 24.3. The normalized spacial score (nSPS) is 26.1. The van der Waals surface area contributed by atoms with E-state index in [0.717, 1.165) is 0 Å². The molecule has 1 aliphatic heterocycles. The van der Waals surface area contributed by atoms with Gasteiger partial charge in [0.2, 0.25) is 11.7 Å². The molecule has 1 saturated heterocycles. The maximum atomic E-state index is 13.2. The summed E-state index contributed by atoms with van der Waals surface area (Å²) in [6.45, 7) is 2.85. The van der Waals surface area contributed by atoms with E-state index >= 15 is 0 Å². The number of aromatic nitrogens is 2. The Labute approximate surface area is 123 Å². The molecule has 0 spiro atoms. The first-order valence-corrected chi connectivity index (χ1v) is 6.93. The predicted molar refractivity (Wildman–Crippen MR) is 73.5 cm³/mol. The molecule has 1 aromatic carbocycles. The third-order valence-corrected chi connectivity index (χ3v) is 4.22. The molecule has 1 aromatic heterocycles. The number of ether oxygens (including phenoxy) is 1. The average molecular weight is 342 g/mol.